The van der Waals surface area contributed by atoms with E-state index in [1.165, 1.54) is 11.1 Å². The lowest BCUT2D eigenvalue weighted by Gasteiger charge is -2.70. The number of aliphatic hydroxyl groups excluding tert-OH is 11. The number of hydrogen-bond acceptors (Lipinski definition) is 17. The molecule has 8 rings (SSSR count). The van der Waals surface area contributed by atoms with E-state index < -0.39 is 116 Å². The van der Waals surface area contributed by atoms with E-state index in [-0.39, 0.29) is 53.3 Å². The molecule has 23 unspecified atom stereocenters. The molecule has 17 heteroatoms. The fraction of sp³-hybridized carbons (Fsp3) is 0.915. The zero-order chi connectivity index (χ0) is 46.7. The first-order chi connectivity index (χ1) is 30.0. The lowest BCUT2D eigenvalue weighted by Crippen LogP contribution is -2.67. The van der Waals surface area contributed by atoms with Crippen LogP contribution in [0.1, 0.15) is 99.8 Å². The Morgan fingerprint density at radius 1 is 0.688 bits per heavy atom. The van der Waals surface area contributed by atoms with Gasteiger partial charge in [-0.25, -0.2) is 0 Å². The number of ether oxygens (including phenoxy) is 6. The second-order valence-electron chi connectivity index (χ2n) is 22.6. The van der Waals surface area contributed by atoms with Gasteiger partial charge in [-0.1, -0.05) is 59.3 Å². The minimum Gasteiger partial charge on any atom is -0.396 e. The molecule has 0 radical (unpaired) electrons. The Balaban J connectivity index is 0.962. The maximum atomic E-state index is 12.0. The highest BCUT2D eigenvalue weighted by atomic mass is 16.8. The Bertz CT molecular complexity index is 1760. The van der Waals surface area contributed by atoms with Crippen LogP contribution in [-0.4, -0.2) is 181 Å². The predicted molar refractivity (Wildman–Crippen MR) is 225 cm³/mol. The van der Waals surface area contributed by atoms with Crippen molar-refractivity contribution in [3.8, 4) is 0 Å². The molecule has 11 N–H and O–H groups in total. The Hall–Kier alpha value is -1.20. The van der Waals surface area contributed by atoms with E-state index >= 15 is 0 Å². The van der Waals surface area contributed by atoms with Crippen LogP contribution in [0.4, 0.5) is 0 Å². The molecule has 17 nitrogen and oxygen atoms in total. The minimum atomic E-state index is -1.82. The maximum Gasteiger partial charge on any atom is 0.187 e. The summed E-state index contributed by atoms with van der Waals surface area (Å²) in [5, 5.41) is 120. The van der Waals surface area contributed by atoms with E-state index in [0.29, 0.717) is 12.8 Å². The standard InChI is InChI=1S/C47H76O17/c1-22-37(63-41-36(58)33(55)38(26(18-48)61-41)64-39-34(56)31(53)25(51)19-59-39)32(54)35(57)40(60-22)62-30-11-12-43(4)27(44(30,5)20-49)10-13-45(6)28(43)9-8-23-24-16-42(2,3)14-15-47(24,21-50)29(52)17-46(23,45)7/h8-9,22,25-41,48-58H,10-21H2,1-7H3. The molecular weight excluding hydrogens is 837 g/mol. The summed E-state index contributed by atoms with van der Waals surface area (Å²) in [5.74, 6) is 0.106. The SMILES string of the molecule is CC1OC(OC2CCC3(C)C(CCC4(C)C3C=CC3=C5CC(C)(C)CCC5(CO)C(O)CC34C)C2(C)CO)C(O)C(O)C1OC1OC(CO)C(OC2OCC(O)C(O)C2O)C(O)C1O. The number of fused-ring (bicyclic) bond motifs is 6. The molecule has 0 spiro atoms. The lowest BCUT2D eigenvalue weighted by atomic mass is 9.35. The molecule has 23 atom stereocenters. The van der Waals surface area contributed by atoms with Crippen molar-refractivity contribution in [1.29, 1.82) is 0 Å². The van der Waals surface area contributed by atoms with Gasteiger partial charge in [-0.05, 0) is 91.9 Å². The van der Waals surface area contributed by atoms with E-state index in [9.17, 15) is 56.2 Å². The van der Waals surface area contributed by atoms with Gasteiger partial charge in [-0.2, -0.15) is 0 Å². The Labute approximate surface area is 376 Å². The van der Waals surface area contributed by atoms with Gasteiger partial charge >= 0.3 is 0 Å². The smallest absolute Gasteiger partial charge is 0.187 e. The van der Waals surface area contributed by atoms with Crippen LogP contribution in [0.25, 0.3) is 0 Å². The molecule has 0 bridgehead atoms. The molecule has 3 saturated heterocycles. The molecule has 0 aromatic heterocycles. The number of aliphatic hydroxyl groups is 11. The Kier molecular flexibility index (Phi) is 13.3. The van der Waals surface area contributed by atoms with E-state index in [4.69, 9.17) is 28.4 Å². The van der Waals surface area contributed by atoms with Crippen LogP contribution < -0.4 is 0 Å². The summed E-state index contributed by atoms with van der Waals surface area (Å²) in [5.41, 5.74) is 0.316. The van der Waals surface area contributed by atoms with Gasteiger partial charge in [0.05, 0.1) is 44.7 Å². The first-order valence-electron chi connectivity index (χ1n) is 23.6. The number of allylic oxidation sites excluding steroid dienone is 3. The quantitative estimate of drug-likeness (QED) is 0.137. The molecule has 366 valence electrons. The van der Waals surface area contributed by atoms with E-state index in [2.05, 4.69) is 46.8 Å². The van der Waals surface area contributed by atoms with Crippen LogP contribution in [0.2, 0.25) is 0 Å². The van der Waals surface area contributed by atoms with Crippen LogP contribution >= 0.6 is 0 Å². The van der Waals surface area contributed by atoms with Crippen LogP contribution in [0.3, 0.4) is 0 Å². The van der Waals surface area contributed by atoms with Crippen molar-refractivity contribution >= 4 is 0 Å². The van der Waals surface area contributed by atoms with Gasteiger partial charge in [0.15, 0.2) is 18.9 Å². The van der Waals surface area contributed by atoms with Gasteiger partial charge in [0.1, 0.15) is 61.0 Å². The molecule has 8 aliphatic rings. The third-order valence-corrected chi connectivity index (χ3v) is 18.6. The second kappa shape index (κ2) is 17.3. The third kappa shape index (κ3) is 7.45. The van der Waals surface area contributed by atoms with Crippen LogP contribution in [0.15, 0.2) is 23.3 Å². The third-order valence-electron chi connectivity index (χ3n) is 18.6. The highest BCUT2D eigenvalue weighted by molar-refractivity contribution is 5.47. The number of rotatable bonds is 9. The van der Waals surface area contributed by atoms with Crippen molar-refractivity contribution in [1.82, 2.24) is 0 Å². The summed E-state index contributed by atoms with van der Waals surface area (Å²) in [6, 6.07) is 0. The molecule has 6 fully saturated rings. The van der Waals surface area contributed by atoms with Gasteiger partial charge in [-0.15, -0.1) is 0 Å². The summed E-state index contributed by atoms with van der Waals surface area (Å²) in [7, 11) is 0. The van der Waals surface area contributed by atoms with Crippen LogP contribution in [0.5, 0.6) is 0 Å². The summed E-state index contributed by atoms with van der Waals surface area (Å²) in [4.78, 5) is 0. The summed E-state index contributed by atoms with van der Waals surface area (Å²) in [6.45, 7) is 13.8. The normalized spacial score (nSPS) is 55.0. The van der Waals surface area contributed by atoms with Crippen molar-refractivity contribution in [2.75, 3.05) is 26.4 Å². The molecule has 3 aliphatic heterocycles. The van der Waals surface area contributed by atoms with E-state index in [0.717, 1.165) is 38.5 Å². The molecule has 3 heterocycles. The van der Waals surface area contributed by atoms with Crippen molar-refractivity contribution in [3.63, 3.8) is 0 Å². The molecule has 0 aromatic carbocycles. The van der Waals surface area contributed by atoms with Gasteiger partial charge < -0.3 is 84.6 Å². The summed E-state index contributed by atoms with van der Waals surface area (Å²) >= 11 is 0. The minimum absolute atomic E-state index is 0.00431. The van der Waals surface area contributed by atoms with Gasteiger partial charge in [0.25, 0.3) is 0 Å². The zero-order valence-electron chi connectivity index (χ0n) is 38.4. The zero-order valence-corrected chi connectivity index (χ0v) is 38.4. The average Bonchev–Trinajstić information content (AvgIpc) is 3.24. The topological polar surface area (TPSA) is 278 Å². The number of hydrogen-bond donors (Lipinski definition) is 11. The first kappa shape index (κ1) is 49.2. The predicted octanol–water partition coefficient (Wildman–Crippen LogP) is 0.144. The fourth-order valence-electron chi connectivity index (χ4n) is 14.3. The Morgan fingerprint density at radius 2 is 1.33 bits per heavy atom. The van der Waals surface area contributed by atoms with Gasteiger partial charge in [-0.3, -0.25) is 0 Å². The van der Waals surface area contributed by atoms with Crippen molar-refractivity contribution in [2.45, 2.75) is 198 Å². The Morgan fingerprint density at radius 3 is 1.98 bits per heavy atom. The fourth-order valence-corrected chi connectivity index (χ4v) is 14.3. The van der Waals surface area contributed by atoms with E-state index in [1.807, 2.05) is 6.92 Å². The van der Waals surface area contributed by atoms with E-state index in [1.54, 1.807) is 6.92 Å². The highest BCUT2D eigenvalue weighted by Crippen LogP contribution is 2.74. The van der Waals surface area contributed by atoms with Crippen LogP contribution in [0, 0.1) is 44.3 Å². The largest absolute Gasteiger partial charge is 0.396 e. The maximum absolute atomic E-state index is 12.0. The molecule has 0 aromatic rings. The molecule has 0 amide bonds. The van der Waals surface area contributed by atoms with Crippen molar-refractivity contribution in [3.05, 3.63) is 23.3 Å². The van der Waals surface area contributed by atoms with Gasteiger partial charge in [0, 0.05) is 16.2 Å². The van der Waals surface area contributed by atoms with Crippen molar-refractivity contribution in [2.24, 2.45) is 44.3 Å². The summed E-state index contributed by atoms with van der Waals surface area (Å²) < 4.78 is 35.4. The van der Waals surface area contributed by atoms with Crippen molar-refractivity contribution < 1.29 is 84.6 Å². The lowest BCUT2D eigenvalue weighted by molar-refractivity contribution is -0.377. The highest BCUT2D eigenvalue weighted by Gasteiger charge is 2.69. The molecule has 64 heavy (non-hydrogen) atoms. The monoisotopic (exact) mass is 913 g/mol. The molecule has 5 aliphatic carbocycles. The first-order valence-corrected chi connectivity index (χ1v) is 23.6. The second-order valence-corrected chi connectivity index (χ2v) is 22.6. The molecular formula is C47H76O17. The van der Waals surface area contributed by atoms with Gasteiger partial charge in [0.2, 0.25) is 0 Å². The molecule has 3 saturated carbocycles. The summed E-state index contributed by atoms with van der Waals surface area (Å²) in [6.07, 6.45) is -11.7. The average molecular weight is 913 g/mol. The van der Waals surface area contributed by atoms with Crippen LogP contribution in [-0.2, 0) is 28.4 Å².